The Hall–Kier alpha value is -3.17. The largest absolute Gasteiger partial charge is 0.339 e. The molecule has 0 radical (unpaired) electrons. The van der Waals surface area contributed by atoms with Gasteiger partial charge in [-0.05, 0) is 47.7 Å². The highest BCUT2D eigenvalue weighted by Crippen LogP contribution is 2.32. The molecule has 2 aromatic carbocycles. The maximum atomic E-state index is 12.4. The van der Waals surface area contributed by atoms with E-state index < -0.39 is 6.04 Å². The zero-order valence-corrected chi connectivity index (χ0v) is 17.1. The van der Waals surface area contributed by atoms with Crippen LogP contribution in [0.4, 0.5) is 5.69 Å². The van der Waals surface area contributed by atoms with E-state index in [-0.39, 0.29) is 17.9 Å². The standard InChI is InChI=1S/C24H26N4O2/c1-28-22-13-18(9-10-19(22)14-23(28)29)17-7-5-16(6-8-17)12-20(15-25)27-24(30)21-4-2-3-11-26-21/h5-10,13,20-21,26H,2-4,11-12,14H2,1H3,(H,27,30). The van der Waals surface area contributed by atoms with Gasteiger partial charge in [-0.25, -0.2) is 0 Å². The van der Waals surface area contributed by atoms with E-state index in [4.69, 9.17) is 0 Å². The molecule has 2 unspecified atom stereocenters. The molecular weight excluding hydrogens is 376 g/mol. The molecule has 0 spiro atoms. The number of rotatable bonds is 5. The fourth-order valence-corrected chi connectivity index (χ4v) is 4.17. The van der Waals surface area contributed by atoms with Gasteiger partial charge in [-0.1, -0.05) is 42.8 Å². The zero-order valence-electron chi connectivity index (χ0n) is 17.1. The summed E-state index contributed by atoms with van der Waals surface area (Å²) in [5.74, 6) is 0.0280. The lowest BCUT2D eigenvalue weighted by Crippen LogP contribution is -2.49. The minimum absolute atomic E-state index is 0.0883. The van der Waals surface area contributed by atoms with E-state index in [9.17, 15) is 14.9 Å². The Morgan fingerprint density at radius 2 is 2.00 bits per heavy atom. The van der Waals surface area contributed by atoms with Crippen LogP contribution in [-0.4, -0.2) is 37.5 Å². The number of piperidine rings is 1. The number of nitrogens with zero attached hydrogens (tertiary/aromatic N) is 2. The highest BCUT2D eigenvalue weighted by atomic mass is 16.2. The van der Waals surface area contributed by atoms with Crippen LogP contribution in [0.1, 0.15) is 30.4 Å². The Morgan fingerprint density at radius 1 is 1.23 bits per heavy atom. The Kier molecular flexibility index (Phi) is 5.82. The van der Waals surface area contributed by atoms with Crippen molar-refractivity contribution < 1.29 is 9.59 Å². The van der Waals surface area contributed by atoms with Gasteiger partial charge in [0.2, 0.25) is 11.8 Å². The molecule has 2 amide bonds. The lowest BCUT2D eigenvalue weighted by molar-refractivity contribution is -0.124. The van der Waals surface area contributed by atoms with E-state index in [0.29, 0.717) is 12.8 Å². The molecule has 2 aliphatic heterocycles. The Labute approximate surface area is 176 Å². The number of amides is 2. The lowest BCUT2D eigenvalue weighted by atomic mass is 9.99. The molecule has 0 saturated carbocycles. The SMILES string of the molecule is CN1C(=O)Cc2ccc(-c3ccc(CC(C#N)NC(=O)C4CCCCN4)cc3)cc21. The summed E-state index contributed by atoms with van der Waals surface area (Å²) in [5, 5.41) is 15.6. The molecule has 2 heterocycles. The molecule has 0 aliphatic carbocycles. The second-order valence-corrected chi connectivity index (χ2v) is 8.07. The minimum Gasteiger partial charge on any atom is -0.339 e. The molecule has 2 aromatic rings. The van der Waals surface area contributed by atoms with Gasteiger partial charge in [0.15, 0.2) is 0 Å². The molecule has 0 aromatic heterocycles. The topological polar surface area (TPSA) is 85.2 Å². The van der Waals surface area contributed by atoms with Crippen LogP contribution in [0.25, 0.3) is 11.1 Å². The van der Waals surface area contributed by atoms with E-state index in [1.54, 1.807) is 11.9 Å². The monoisotopic (exact) mass is 402 g/mol. The number of nitriles is 1. The first-order valence-electron chi connectivity index (χ1n) is 10.5. The van der Waals surface area contributed by atoms with Crippen molar-refractivity contribution in [2.45, 2.75) is 44.2 Å². The number of benzene rings is 2. The van der Waals surface area contributed by atoms with Crippen molar-refractivity contribution in [1.82, 2.24) is 10.6 Å². The van der Waals surface area contributed by atoms with Crippen LogP contribution >= 0.6 is 0 Å². The number of likely N-dealkylation sites (N-methyl/N-ethyl adjacent to an activating group) is 1. The second-order valence-electron chi connectivity index (χ2n) is 8.07. The van der Waals surface area contributed by atoms with E-state index in [1.807, 2.05) is 42.5 Å². The van der Waals surface area contributed by atoms with Crippen molar-refractivity contribution in [2.75, 3.05) is 18.5 Å². The Bertz CT molecular complexity index is 987. The van der Waals surface area contributed by atoms with Crippen LogP contribution in [0, 0.1) is 11.3 Å². The predicted octanol–water partition coefficient (Wildman–Crippen LogP) is 2.57. The number of nitrogens with one attached hydrogen (secondary N) is 2. The van der Waals surface area contributed by atoms with Crippen LogP contribution in [0.3, 0.4) is 0 Å². The summed E-state index contributed by atoms with van der Waals surface area (Å²) in [5.41, 5.74) is 5.12. The van der Waals surface area contributed by atoms with Crippen molar-refractivity contribution in [3.05, 3.63) is 53.6 Å². The van der Waals surface area contributed by atoms with Gasteiger partial charge in [0.05, 0.1) is 18.5 Å². The fourth-order valence-electron chi connectivity index (χ4n) is 4.17. The Morgan fingerprint density at radius 3 is 2.70 bits per heavy atom. The molecule has 30 heavy (non-hydrogen) atoms. The van der Waals surface area contributed by atoms with Crippen LogP contribution in [0.5, 0.6) is 0 Å². The van der Waals surface area contributed by atoms with Crippen LogP contribution in [0.15, 0.2) is 42.5 Å². The van der Waals surface area contributed by atoms with Crippen LogP contribution in [0.2, 0.25) is 0 Å². The van der Waals surface area contributed by atoms with E-state index in [2.05, 4.69) is 16.7 Å². The third kappa shape index (κ3) is 4.22. The average Bonchev–Trinajstić information content (AvgIpc) is 3.07. The van der Waals surface area contributed by atoms with Gasteiger partial charge in [0.25, 0.3) is 0 Å². The first-order valence-corrected chi connectivity index (χ1v) is 10.5. The van der Waals surface area contributed by atoms with Gasteiger partial charge in [0.1, 0.15) is 6.04 Å². The highest BCUT2D eigenvalue weighted by Gasteiger charge is 2.24. The van der Waals surface area contributed by atoms with E-state index in [0.717, 1.165) is 53.7 Å². The summed E-state index contributed by atoms with van der Waals surface area (Å²) in [6.45, 7) is 0.851. The van der Waals surface area contributed by atoms with Crippen LogP contribution < -0.4 is 15.5 Å². The highest BCUT2D eigenvalue weighted by molar-refractivity contribution is 6.01. The second kappa shape index (κ2) is 8.68. The molecule has 1 fully saturated rings. The predicted molar refractivity (Wildman–Crippen MR) is 116 cm³/mol. The summed E-state index contributed by atoms with van der Waals surface area (Å²) in [6, 6.07) is 15.6. The van der Waals surface area contributed by atoms with Gasteiger partial charge in [-0.3, -0.25) is 9.59 Å². The first-order chi connectivity index (χ1) is 14.5. The smallest absolute Gasteiger partial charge is 0.238 e. The van der Waals surface area contributed by atoms with E-state index >= 15 is 0 Å². The van der Waals surface area contributed by atoms with Gasteiger partial charge in [-0.15, -0.1) is 0 Å². The van der Waals surface area contributed by atoms with Crippen molar-refractivity contribution in [3.8, 4) is 17.2 Å². The number of hydrogen-bond donors (Lipinski definition) is 2. The number of carbonyl (C=O) groups excluding carboxylic acids is 2. The zero-order chi connectivity index (χ0) is 21.1. The molecule has 6 nitrogen and oxygen atoms in total. The van der Waals surface area contributed by atoms with Crippen molar-refractivity contribution in [2.24, 2.45) is 0 Å². The molecule has 6 heteroatoms. The maximum absolute atomic E-state index is 12.4. The average molecular weight is 402 g/mol. The third-order valence-corrected chi connectivity index (χ3v) is 5.99. The van der Waals surface area contributed by atoms with Crippen molar-refractivity contribution in [1.29, 1.82) is 5.26 Å². The normalized spacial score (nSPS) is 19.1. The molecule has 1 saturated heterocycles. The van der Waals surface area contributed by atoms with Gasteiger partial charge in [-0.2, -0.15) is 5.26 Å². The molecule has 0 bridgehead atoms. The summed E-state index contributed by atoms with van der Waals surface area (Å²) in [6.07, 6.45) is 3.88. The van der Waals surface area contributed by atoms with Crippen molar-refractivity contribution in [3.63, 3.8) is 0 Å². The summed E-state index contributed by atoms with van der Waals surface area (Å²) >= 11 is 0. The lowest BCUT2D eigenvalue weighted by Gasteiger charge is -2.23. The molecular formula is C24H26N4O2. The summed E-state index contributed by atoms with van der Waals surface area (Å²) in [7, 11) is 1.81. The molecule has 154 valence electrons. The van der Waals surface area contributed by atoms with Gasteiger partial charge in [0, 0.05) is 19.2 Å². The van der Waals surface area contributed by atoms with Crippen molar-refractivity contribution >= 4 is 17.5 Å². The number of anilines is 1. The van der Waals surface area contributed by atoms with E-state index in [1.165, 1.54) is 0 Å². The number of carbonyl (C=O) groups is 2. The summed E-state index contributed by atoms with van der Waals surface area (Å²) in [4.78, 5) is 26.0. The quantitative estimate of drug-likeness (QED) is 0.805. The van der Waals surface area contributed by atoms with Gasteiger partial charge >= 0.3 is 0 Å². The van der Waals surface area contributed by atoms with Crippen LogP contribution in [-0.2, 0) is 22.4 Å². The Balaban J connectivity index is 1.41. The molecule has 2 aliphatic rings. The molecule has 2 N–H and O–H groups in total. The maximum Gasteiger partial charge on any atom is 0.238 e. The molecule has 2 atom stereocenters. The number of hydrogen-bond acceptors (Lipinski definition) is 4. The fraction of sp³-hybridized carbons (Fsp3) is 0.375. The number of fused-ring (bicyclic) bond motifs is 1. The minimum atomic E-state index is -0.549. The van der Waals surface area contributed by atoms with Gasteiger partial charge < -0.3 is 15.5 Å². The summed E-state index contributed by atoms with van der Waals surface area (Å²) < 4.78 is 0. The third-order valence-electron chi connectivity index (χ3n) is 5.99. The molecule has 4 rings (SSSR count). The first kappa shape index (κ1) is 20.1.